The van der Waals surface area contributed by atoms with Gasteiger partial charge in [-0.2, -0.15) is 0 Å². The van der Waals surface area contributed by atoms with Crippen molar-refractivity contribution in [3.05, 3.63) is 35.1 Å². The van der Waals surface area contributed by atoms with E-state index >= 15 is 0 Å². The van der Waals surface area contributed by atoms with E-state index in [0.717, 1.165) is 24.5 Å². The molecule has 3 N–H and O–H groups in total. The number of halogens is 2. The Balaban J connectivity index is 0.00000400. The summed E-state index contributed by atoms with van der Waals surface area (Å²) in [6, 6.07) is 4.73. The van der Waals surface area contributed by atoms with Gasteiger partial charge in [0.15, 0.2) is 5.96 Å². The fraction of sp³-hybridized carbons (Fsp3) is 0.533. The second kappa shape index (κ2) is 11.7. The molecule has 0 heterocycles. The highest BCUT2D eigenvalue weighted by Crippen LogP contribution is 2.10. The summed E-state index contributed by atoms with van der Waals surface area (Å²) in [6.45, 7) is 3.31. The number of aliphatic hydroxyl groups excluding tert-OH is 1. The molecule has 120 valence electrons. The van der Waals surface area contributed by atoms with Gasteiger partial charge in [-0.15, -0.1) is 24.0 Å². The molecule has 1 aromatic carbocycles. The lowest BCUT2D eigenvalue weighted by Crippen LogP contribution is -2.37. The standard InChI is InChI=1S/C15H24FN3O.HI/c1-3-4-5-8-18-15(17-2)19-10-12-6-7-14(16)13(9-12)11-20;/h6-7,9,20H,3-5,8,10-11H2,1-2H3,(H2,17,18,19);1H. The summed E-state index contributed by atoms with van der Waals surface area (Å²) in [7, 11) is 1.72. The molecule has 0 unspecified atom stereocenters. The number of guanidine groups is 1. The summed E-state index contributed by atoms with van der Waals surface area (Å²) in [5.74, 6) is 0.356. The normalized spacial score (nSPS) is 11.0. The molecule has 0 atom stereocenters. The monoisotopic (exact) mass is 409 g/mol. The molecule has 0 saturated heterocycles. The molecule has 0 aliphatic heterocycles. The van der Waals surface area contributed by atoms with E-state index < -0.39 is 0 Å². The van der Waals surface area contributed by atoms with Crippen molar-refractivity contribution in [1.82, 2.24) is 10.6 Å². The van der Waals surface area contributed by atoms with Gasteiger partial charge in [0.1, 0.15) is 5.82 Å². The Morgan fingerprint density at radius 3 is 2.67 bits per heavy atom. The van der Waals surface area contributed by atoms with E-state index in [-0.39, 0.29) is 36.4 Å². The number of hydrogen-bond donors (Lipinski definition) is 3. The van der Waals surface area contributed by atoms with Crippen molar-refractivity contribution in [3.8, 4) is 0 Å². The molecule has 0 aliphatic rings. The Kier molecular flexibility index (Phi) is 11.2. The van der Waals surface area contributed by atoms with Crippen LogP contribution in [-0.4, -0.2) is 24.7 Å². The zero-order chi connectivity index (χ0) is 14.8. The number of aliphatic imine (C=N–C) groups is 1. The third kappa shape index (κ3) is 7.61. The second-order valence-electron chi connectivity index (χ2n) is 4.64. The van der Waals surface area contributed by atoms with Gasteiger partial charge in [-0.25, -0.2) is 4.39 Å². The summed E-state index contributed by atoms with van der Waals surface area (Å²) >= 11 is 0. The van der Waals surface area contributed by atoms with Crippen LogP contribution in [0.2, 0.25) is 0 Å². The summed E-state index contributed by atoms with van der Waals surface area (Å²) < 4.78 is 13.3. The molecule has 0 aromatic heterocycles. The number of hydrogen-bond acceptors (Lipinski definition) is 2. The first-order chi connectivity index (χ1) is 9.71. The predicted molar refractivity (Wildman–Crippen MR) is 95.5 cm³/mol. The molecule has 0 fully saturated rings. The maximum Gasteiger partial charge on any atom is 0.191 e. The van der Waals surface area contributed by atoms with Crippen molar-refractivity contribution in [2.24, 2.45) is 4.99 Å². The maximum absolute atomic E-state index is 13.3. The third-order valence-corrected chi connectivity index (χ3v) is 3.04. The fourth-order valence-electron chi connectivity index (χ4n) is 1.85. The SMILES string of the molecule is CCCCCNC(=NC)NCc1ccc(F)c(CO)c1.I. The fourth-order valence-corrected chi connectivity index (χ4v) is 1.85. The van der Waals surface area contributed by atoms with Gasteiger partial charge >= 0.3 is 0 Å². The van der Waals surface area contributed by atoms with E-state index in [2.05, 4.69) is 22.5 Å². The van der Waals surface area contributed by atoms with E-state index in [9.17, 15) is 4.39 Å². The molecule has 0 saturated carbocycles. The first-order valence-electron chi connectivity index (χ1n) is 7.04. The van der Waals surface area contributed by atoms with Crippen LogP contribution in [-0.2, 0) is 13.2 Å². The van der Waals surface area contributed by atoms with Crippen LogP contribution in [0.15, 0.2) is 23.2 Å². The number of aliphatic hydroxyl groups is 1. The molecule has 0 amide bonds. The van der Waals surface area contributed by atoms with Gasteiger partial charge in [-0.05, 0) is 24.1 Å². The molecule has 1 rings (SSSR count). The van der Waals surface area contributed by atoms with Crippen molar-refractivity contribution in [1.29, 1.82) is 0 Å². The molecular weight excluding hydrogens is 384 g/mol. The van der Waals surface area contributed by atoms with Crippen LogP contribution in [0.1, 0.15) is 37.3 Å². The van der Waals surface area contributed by atoms with Gasteiger partial charge in [0.25, 0.3) is 0 Å². The lowest BCUT2D eigenvalue weighted by atomic mass is 10.1. The van der Waals surface area contributed by atoms with Gasteiger partial charge in [-0.1, -0.05) is 25.8 Å². The number of nitrogens with zero attached hydrogens (tertiary/aromatic N) is 1. The van der Waals surface area contributed by atoms with Gasteiger partial charge < -0.3 is 15.7 Å². The van der Waals surface area contributed by atoms with Crippen molar-refractivity contribution in [3.63, 3.8) is 0 Å². The summed E-state index contributed by atoms with van der Waals surface area (Å²) in [5, 5.41) is 15.4. The Hall–Kier alpha value is -0.890. The molecule has 0 bridgehead atoms. The van der Waals surface area contributed by atoms with Crippen LogP contribution in [0.4, 0.5) is 4.39 Å². The second-order valence-corrected chi connectivity index (χ2v) is 4.64. The number of nitrogens with one attached hydrogen (secondary N) is 2. The number of unbranched alkanes of at least 4 members (excludes halogenated alkanes) is 2. The molecule has 21 heavy (non-hydrogen) atoms. The lowest BCUT2D eigenvalue weighted by molar-refractivity contribution is 0.275. The van der Waals surface area contributed by atoms with E-state index in [1.807, 2.05) is 0 Å². The summed E-state index contributed by atoms with van der Waals surface area (Å²) in [4.78, 5) is 4.13. The van der Waals surface area contributed by atoms with E-state index in [4.69, 9.17) is 5.11 Å². The van der Waals surface area contributed by atoms with Gasteiger partial charge in [0, 0.05) is 25.7 Å². The van der Waals surface area contributed by atoms with Gasteiger partial charge in [0.2, 0.25) is 0 Å². The predicted octanol–water partition coefficient (Wildman–Crippen LogP) is 2.79. The van der Waals surface area contributed by atoms with Crippen LogP contribution in [0.5, 0.6) is 0 Å². The van der Waals surface area contributed by atoms with E-state index in [0.29, 0.717) is 12.1 Å². The minimum absolute atomic E-state index is 0. The molecule has 0 spiro atoms. The summed E-state index contributed by atoms with van der Waals surface area (Å²) in [5.41, 5.74) is 1.22. The molecular formula is C15H25FIN3O. The highest BCUT2D eigenvalue weighted by Gasteiger charge is 2.03. The highest BCUT2D eigenvalue weighted by molar-refractivity contribution is 14.0. The minimum Gasteiger partial charge on any atom is -0.392 e. The first-order valence-corrected chi connectivity index (χ1v) is 7.04. The molecule has 6 heteroatoms. The topological polar surface area (TPSA) is 56.7 Å². The van der Waals surface area contributed by atoms with Gasteiger partial charge in [-0.3, -0.25) is 4.99 Å². The van der Waals surface area contributed by atoms with Crippen LogP contribution >= 0.6 is 24.0 Å². The quantitative estimate of drug-likeness (QED) is 0.281. The number of benzene rings is 1. The molecule has 0 aliphatic carbocycles. The van der Waals surface area contributed by atoms with Crippen molar-refractivity contribution in [2.45, 2.75) is 39.3 Å². The van der Waals surface area contributed by atoms with E-state index in [1.54, 1.807) is 19.2 Å². The average Bonchev–Trinajstić information content (AvgIpc) is 2.48. The maximum atomic E-state index is 13.3. The minimum atomic E-state index is -0.377. The molecule has 0 radical (unpaired) electrons. The largest absolute Gasteiger partial charge is 0.392 e. The Bertz CT molecular complexity index is 441. The van der Waals surface area contributed by atoms with Crippen LogP contribution < -0.4 is 10.6 Å². The van der Waals surface area contributed by atoms with E-state index in [1.165, 1.54) is 18.9 Å². The van der Waals surface area contributed by atoms with Crippen molar-refractivity contribution < 1.29 is 9.50 Å². The van der Waals surface area contributed by atoms with Crippen molar-refractivity contribution in [2.75, 3.05) is 13.6 Å². The zero-order valence-electron chi connectivity index (χ0n) is 12.7. The summed E-state index contributed by atoms with van der Waals surface area (Å²) in [6.07, 6.45) is 3.50. The first kappa shape index (κ1) is 20.1. The molecule has 1 aromatic rings. The van der Waals surface area contributed by atoms with Crippen LogP contribution in [0, 0.1) is 5.82 Å². The lowest BCUT2D eigenvalue weighted by Gasteiger charge is -2.12. The smallest absolute Gasteiger partial charge is 0.191 e. The highest BCUT2D eigenvalue weighted by atomic mass is 127. The number of rotatable bonds is 7. The van der Waals surface area contributed by atoms with Crippen LogP contribution in [0.3, 0.4) is 0 Å². The zero-order valence-corrected chi connectivity index (χ0v) is 15.0. The average molecular weight is 409 g/mol. The van der Waals surface area contributed by atoms with Crippen molar-refractivity contribution >= 4 is 29.9 Å². The molecule has 4 nitrogen and oxygen atoms in total. The Morgan fingerprint density at radius 2 is 2.05 bits per heavy atom. The third-order valence-electron chi connectivity index (χ3n) is 3.04. The van der Waals surface area contributed by atoms with Gasteiger partial charge in [0.05, 0.1) is 6.61 Å². The Labute approximate surface area is 143 Å². The van der Waals surface area contributed by atoms with Crippen LogP contribution in [0.25, 0.3) is 0 Å². The Morgan fingerprint density at radius 1 is 1.29 bits per heavy atom.